The fourth-order valence-corrected chi connectivity index (χ4v) is 0.175. The summed E-state index contributed by atoms with van der Waals surface area (Å²) in [6.45, 7) is 1.79. The number of aliphatic carboxylic acids is 1. The number of rotatable bonds is 2. The summed E-state index contributed by atoms with van der Waals surface area (Å²) < 4.78 is 0. The largest absolute Gasteiger partial charge is 0.503 e. The Hall–Kier alpha value is 0.00234. The van der Waals surface area contributed by atoms with E-state index in [0.717, 1.165) is 0 Å². The Morgan fingerprint density at radius 1 is 1.86 bits per heavy atom. The molecule has 0 bridgehead atoms. The van der Waals surface area contributed by atoms with Crippen molar-refractivity contribution < 1.29 is 30.3 Å². The summed E-state index contributed by atoms with van der Waals surface area (Å²) in [5.41, 5.74) is 0. The summed E-state index contributed by atoms with van der Waals surface area (Å²) in [5.74, 6) is -0.836. The van der Waals surface area contributed by atoms with E-state index in [2.05, 4.69) is 0 Å². The van der Waals surface area contributed by atoms with Gasteiger partial charge in [0.25, 0.3) is 0 Å². The second kappa shape index (κ2) is 6.00. The topological polar surface area (TPSA) is 37.3 Å². The first-order valence-electron chi connectivity index (χ1n) is 1.83. The molecule has 0 heterocycles. The molecule has 0 aliphatic carbocycles. The number of carboxylic acid groups (broad SMARTS) is 1. The van der Waals surface area contributed by atoms with Crippen molar-refractivity contribution in [3.8, 4) is 0 Å². The summed E-state index contributed by atoms with van der Waals surface area (Å²) in [6, 6.07) is 0. The Bertz CT molecular complexity index is 53.7. The SMILES string of the molecule is CC[CH-]C(=O)O.[Re]. The van der Waals surface area contributed by atoms with Gasteiger partial charge in [0.2, 0.25) is 0 Å². The molecule has 7 heavy (non-hydrogen) atoms. The molecule has 0 atom stereocenters. The molecule has 0 aromatic carbocycles. The maximum Gasteiger partial charge on any atom is 0.163 e. The van der Waals surface area contributed by atoms with Crippen LogP contribution in [0.15, 0.2) is 0 Å². The van der Waals surface area contributed by atoms with E-state index in [1.807, 2.05) is 0 Å². The summed E-state index contributed by atoms with van der Waals surface area (Å²) in [7, 11) is 0. The molecule has 0 aliphatic heterocycles. The van der Waals surface area contributed by atoms with Crippen molar-refractivity contribution in [2.24, 2.45) is 0 Å². The second-order valence-electron chi connectivity index (χ2n) is 0.951. The second-order valence-corrected chi connectivity index (χ2v) is 0.951. The molecule has 0 saturated carbocycles. The molecule has 43 valence electrons. The Kier molecular flexibility index (Phi) is 8.64. The summed E-state index contributed by atoms with van der Waals surface area (Å²) in [4.78, 5) is 9.54. The average molecular weight is 273 g/mol. The van der Waals surface area contributed by atoms with Crippen LogP contribution in [-0.2, 0) is 25.2 Å². The van der Waals surface area contributed by atoms with Gasteiger partial charge in [-0.1, -0.05) is 6.92 Å². The van der Waals surface area contributed by atoms with E-state index in [1.54, 1.807) is 6.92 Å². The van der Waals surface area contributed by atoms with Gasteiger partial charge in [-0.25, -0.2) is 0 Å². The van der Waals surface area contributed by atoms with Crippen molar-refractivity contribution in [1.29, 1.82) is 0 Å². The molecule has 0 amide bonds. The maximum atomic E-state index is 9.54. The van der Waals surface area contributed by atoms with Gasteiger partial charge in [0.15, 0.2) is 5.97 Å². The minimum atomic E-state index is -0.836. The predicted octanol–water partition coefficient (Wildman–Crippen LogP) is 0.683. The van der Waals surface area contributed by atoms with Crippen LogP contribution in [0, 0.1) is 6.42 Å². The van der Waals surface area contributed by atoms with Crippen molar-refractivity contribution in [2.45, 2.75) is 13.3 Å². The van der Waals surface area contributed by atoms with Crippen LogP contribution in [-0.4, -0.2) is 11.1 Å². The standard InChI is InChI=1S/C4H7O2.Re/c1-2-3-4(5)6;/h3H,2H2,1H3,(H,5,6);/q-1;. The van der Waals surface area contributed by atoms with Gasteiger partial charge < -0.3 is 5.11 Å². The third-order valence-electron chi connectivity index (χ3n) is 0.379. The zero-order chi connectivity index (χ0) is 4.99. The molecule has 0 aromatic heterocycles. The third kappa shape index (κ3) is 10.7. The van der Waals surface area contributed by atoms with Gasteiger partial charge in [-0.15, -0.1) is 0 Å². The van der Waals surface area contributed by atoms with E-state index in [0.29, 0.717) is 6.42 Å². The van der Waals surface area contributed by atoms with Gasteiger partial charge in [-0.3, -0.25) is 11.2 Å². The minimum absolute atomic E-state index is 0. The van der Waals surface area contributed by atoms with E-state index in [1.165, 1.54) is 6.42 Å². The average Bonchev–Trinajstić information content (AvgIpc) is 1.35. The van der Waals surface area contributed by atoms with Crippen LogP contribution in [0.1, 0.15) is 13.3 Å². The molecule has 3 heteroatoms. The van der Waals surface area contributed by atoms with Gasteiger partial charge in [-0.05, 0) is 0 Å². The van der Waals surface area contributed by atoms with Crippen molar-refractivity contribution in [3.05, 3.63) is 6.42 Å². The smallest absolute Gasteiger partial charge is 0.163 e. The fraction of sp³-hybridized carbons (Fsp3) is 0.500. The van der Waals surface area contributed by atoms with Crippen LogP contribution in [0.2, 0.25) is 0 Å². The summed E-state index contributed by atoms with van der Waals surface area (Å²) >= 11 is 0. The molecule has 0 unspecified atom stereocenters. The van der Waals surface area contributed by atoms with Crippen LogP contribution in [0.25, 0.3) is 0 Å². The van der Waals surface area contributed by atoms with Gasteiger partial charge in [-0.2, -0.15) is 6.42 Å². The van der Waals surface area contributed by atoms with Gasteiger partial charge in [0, 0.05) is 20.4 Å². The first-order chi connectivity index (χ1) is 2.77. The number of carbonyl (C=O) groups is 1. The normalized spacial score (nSPS) is 6.43. The summed E-state index contributed by atoms with van der Waals surface area (Å²) in [5, 5.41) is 7.86. The number of hydrogen-bond acceptors (Lipinski definition) is 1. The first-order valence-corrected chi connectivity index (χ1v) is 1.83. The Labute approximate surface area is 56.6 Å². The molecule has 0 aliphatic rings. The van der Waals surface area contributed by atoms with Crippen molar-refractivity contribution in [2.75, 3.05) is 0 Å². The van der Waals surface area contributed by atoms with E-state index in [4.69, 9.17) is 5.11 Å². The molecule has 0 spiro atoms. The van der Waals surface area contributed by atoms with E-state index < -0.39 is 5.97 Å². The van der Waals surface area contributed by atoms with E-state index in [9.17, 15) is 4.79 Å². The molecule has 2 nitrogen and oxygen atoms in total. The quantitative estimate of drug-likeness (QED) is 0.751. The molecule has 0 fully saturated rings. The molecule has 0 aromatic rings. The van der Waals surface area contributed by atoms with Crippen LogP contribution in [0.5, 0.6) is 0 Å². The predicted molar refractivity (Wildman–Crippen MR) is 22.2 cm³/mol. The van der Waals surface area contributed by atoms with Crippen LogP contribution in [0.4, 0.5) is 0 Å². The maximum absolute atomic E-state index is 9.54. The zero-order valence-corrected chi connectivity index (χ0v) is 6.73. The molecular weight excluding hydrogens is 266 g/mol. The monoisotopic (exact) mass is 274 g/mol. The van der Waals surface area contributed by atoms with Crippen LogP contribution >= 0.6 is 0 Å². The number of hydrogen-bond donors (Lipinski definition) is 1. The Balaban J connectivity index is 0. The van der Waals surface area contributed by atoms with Crippen molar-refractivity contribution >= 4 is 5.97 Å². The molecule has 1 radical (unpaired) electrons. The van der Waals surface area contributed by atoms with Crippen LogP contribution < -0.4 is 0 Å². The molecule has 1 N–H and O–H groups in total. The van der Waals surface area contributed by atoms with Crippen molar-refractivity contribution in [3.63, 3.8) is 0 Å². The molecule has 0 saturated heterocycles. The van der Waals surface area contributed by atoms with Gasteiger partial charge in [0.05, 0.1) is 0 Å². The van der Waals surface area contributed by atoms with Crippen LogP contribution in [0.3, 0.4) is 0 Å². The zero-order valence-electron chi connectivity index (χ0n) is 4.02. The van der Waals surface area contributed by atoms with Crippen molar-refractivity contribution in [1.82, 2.24) is 0 Å². The number of carboxylic acids is 1. The van der Waals surface area contributed by atoms with Gasteiger partial charge >= 0.3 is 0 Å². The summed E-state index contributed by atoms with van der Waals surface area (Å²) in [6.07, 6.45) is 1.81. The molecule has 0 rings (SSSR count). The van der Waals surface area contributed by atoms with E-state index in [-0.39, 0.29) is 20.4 Å². The van der Waals surface area contributed by atoms with Gasteiger partial charge in [0.1, 0.15) is 0 Å². The third-order valence-corrected chi connectivity index (χ3v) is 0.379. The Morgan fingerprint density at radius 2 is 2.29 bits per heavy atom. The molecular formula is C4H7O2Re-. The minimum Gasteiger partial charge on any atom is -0.503 e. The fourth-order valence-electron chi connectivity index (χ4n) is 0.175. The Morgan fingerprint density at radius 3 is 2.29 bits per heavy atom. The first kappa shape index (κ1) is 10.1. The van der Waals surface area contributed by atoms with E-state index >= 15 is 0 Å².